The third-order valence-electron chi connectivity index (χ3n) is 6.49. The molecule has 1 aliphatic rings. The Morgan fingerprint density at radius 3 is 2.62 bits per heavy atom. The van der Waals surface area contributed by atoms with Gasteiger partial charge in [-0.1, -0.05) is 17.3 Å². The van der Waals surface area contributed by atoms with E-state index in [0.717, 1.165) is 59.7 Å². The number of fused-ring (bicyclic) bond motifs is 1. The minimum Gasteiger partial charge on any atom is -0.360 e. The van der Waals surface area contributed by atoms with Gasteiger partial charge in [-0.15, -0.1) is 0 Å². The molecule has 0 aliphatic carbocycles. The van der Waals surface area contributed by atoms with E-state index in [4.69, 9.17) is 4.52 Å². The van der Waals surface area contributed by atoms with Crippen LogP contribution in [0, 0.1) is 20.8 Å². The van der Waals surface area contributed by atoms with E-state index >= 15 is 0 Å². The maximum atomic E-state index is 13.1. The summed E-state index contributed by atoms with van der Waals surface area (Å²) >= 11 is 0. The Labute approximate surface area is 185 Å². The number of hydrogen-bond donors (Lipinski definition) is 1. The van der Waals surface area contributed by atoms with Gasteiger partial charge in [-0.05, 0) is 51.8 Å². The van der Waals surface area contributed by atoms with Crippen LogP contribution in [0.3, 0.4) is 0 Å². The SMILES string of the molecule is Cc1cc(-n2c(C)cc(C(=O)CN3CCC(n4c(=O)[nH]c5ccccc54)CC3)c2C)no1. The number of aromatic amines is 1. The van der Waals surface area contributed by atoms with Crippen LogP contribution in [0.1, 0.15) is 46.4 Å². The van der Waals surface area contributed by atoms with Gasteiger partial charge in [0.25, 0.3) is 0 Å². The van der Waals surface area contributed by atoms with Crippen LogP contribution in [0.4, 0.5) is 0 Å². The summed E-state index contributed by atoms with van der Waals surface area (Å²) in [5.41, 5.74) is 4.31. The number of Topliss-reactive ketones (excluding diaryl/α,β-unsaturated/α-hetero) is 1. The fourth-order valence-corrected chi connectivity index (χ4v) is 4.92. The molecule has 166 valence electrons. The number of aromatic nitrogens is 4. The smallest absolute Gasteiger partial charge is 0.326 e. The normalized spacial score (nSPS) is 15.6. The molecule has 0 radical (unpaired) electrons. The molecule has 8 nitrogen and oxygen atoms in total. The van der Waals surface area contributed by atoms with Crippen molar-refractivity contribution < 1.29 is 9.32 Å². The van der Waals surface area contributed by atoms with Crippen LogP contribution in [0.2, 0.25) is 0 Å². The largest absolute Gasteiger partial charge is 0.360 e. The van der Waals surface area contributed by atoms with Gasteiger partial charge >= 0.3 is 5.69 Å². The number of aryl methyl sites for hydroxylation is 2. The Bertz CT molecular complexity index is 1350. The number of likely N-dealkylation sites (tertiary alicyclic amines) is 1. The molecule has 8 heteroatoms. The highest BCUT2D eigenvalue weighted by Crippen LogP contribution is 2.26. The zero-order chi connectivity index (χ0) is 22.4. The molecule has 0 atom stereocenters. The average Bonchev–Trinajstić information content (AvgIpc) is 3.43. The monoisotopic (exact) mass is 433 g/mol. The highest BCUT2D eigenvalue weighted by molar-refractivity contribution is 5.99. The topological polar surface area (TPSA) is 89.1 Å². The van der Waals surface area contributed by atoms with E-state index < -0.39 is 0 Å². The van der Waals surface area contributed by atoms with E-state index in [2.05, 4.69) is 15.0 Å². The Balaban J connectivity index is 1.28. The molecule has 32 heavy (non-hydrogen) atoms. The van der Waals surface area contributed by atoms with Crippen molar-refractivity contribution in [3.8, 4) is 5.82 Å². The number of nitrogens with zero attached hydrogens (tertiary/aromatic N) is 4. The van der Waals surface area contributed by atoms with Gasteiger partial charge in [-0.25, -0.2) is 4.79 Å². The summed E-state index contributed by atoms with van der Waals surface area (Å²) in [6.07, 6.45) is 1.68. The third kappa shape index (κ3) is 3.50. The van der Waals surface area contributed by atoms with Gasteiger partial charge in [-0.3, -0.25) is 18.8 Å². The lowest BCUT2D eigenvalue weighted by molar-refractivity contribution is 0.0897. The molecule has 1 aromatic carbocycles. The lowest BCUT2D eigenvalue weighted by Crippen LogP contribution is -2.39. The van der Waals surface area contributed by atoms with Gasteiger partial charge in [0.1, 0.15) is 5.76 Å². The van der Waals surface area contributed by atoms with Crippen molar-refractivity contribution in [2.45, 2.75) is 39.7 Å². The number of ketones is 1. The minimum atomic E-state index is -0.0590. The molecule has 0 unspecified atom stereocenters. The van der Waals surface area contributed by atoms with Crippen LogP contribution < -0.4 is 5.69 Å². The number of benzene rings is 1. The van der Waals surface area contributed by atoms with Crippen LogP contribution in [-0.4, -0.2) is 49.6 Å². The zero-order valence-electron chi connectivity index (χ0n) is 18.6. The first kappa shape index (κ1) is 20.5. The molecule has 0 bridgehead atoms. The molecular formula is C24H27N5O3. The van der Waals surface area contributed by atoms with Crippen LogP contribution in [0.5, 0.6) is 0 Å². The second-order valence-electron chi connectivity index (χ2n) is 8.66. The maximum Gasteiger partial charge on any atom is 0.326 e. The fourth-order valence-electron chi connectivity index (χ4n) is 4.92. The molecule has 0 amide bonds. The van der Waals surface area contributed by atoms with Crippen LogP contribution in [0.15, 0.2) is 45.7 Å². The van der Waals surface area contributed by atoms with Crippen molar-refractivity contribution in [2.75, 3.05) is 19.6 Å². The molecule has 0 spiro atoms. The second-order valence-corrected chi connectivity index (χ2v) is 8.66. The van der Waals surface area contributed by atoms with Gasteiger partial charge in [0, 0.05) is 42.1 Å². The van der Waals surface area contributed by atoms with E-state index in [0.29, 0.717) is 12.4 Å². The summed E-state index contributed by atoms with van der Waals surface area (Å²) in [6, 6.07) is 11.7. The highest BCUT2D eigenvalue weighted by Gasteiger charge is 2.26. The molecule has 4 aromatic rings. The van der Waals surface area contributed by atoms with Crippen molar-refractivity contribution in [3.05, 3.63) is 69.6 Å². The van der Waals surface area contributed by atoms with E-state index in [1.54, 1.807) is 0 Å². The molecular weight excluding hydrogens is 406 g/mol. The second kappa shape index (κ2) is 7.94. The first-order chi connectivity index (χ1) is 15.4. The number of hydrogen-bond acceptors (Lipinski definition) is 5. The molecule has 0 saturated carbocycles. The summed E-state index contributed by atoms with van der Waals surface area (Å²) in [5.74, 6) is 1.53. The molecule has 1 saturated heterocycles. The Hall–Kier alpha value is -3.39. The van der Waals surface area contributed by atoms with Crippen molar-refractivity contribution in [3.63, 3.8) is 0 Å². The number of H-pyrrole nitrogens is 1. The highest BCUT2D eigenvalue weighted by atomic mass is 16.5. The number of rotatable bonds is 5. The predicted molar refractivity (Wildman–Crippen MR) is 122 cm³/mol. The fraction of sp³-hybridized carbons (Fsp3) is 0.375. The summed E-state index contributed by atoms with van der Waals surface area (Å²) in [4.78, 5) is 30.7. The molecule has 1 N–H and O–H groups in total. The van der Waals surface area contributed by atoms with E-state index in [1.165, 1.54) is 0 Å². The maximum absolute atomic E-state index is 13.1. The number of imidazole rings is 1. The van der Waals surface area contributed by atoms with Gasteiger partial charge in [0.15, 0.2) is 11.6 Å². The van der Waals surface area contributed by atoms with Crippen molar-refractivity contribution in [1.29, 1.82) is 0 Å². The van der Waals surface area contributed by atoms with Gasteiger partial charge in [-0.2, -0.15) is 0 Å². The average molecular weight is 434 g/mol. The van der Waals surface area contributed by atoms with E-state index in [1.807, 2.05) is 66.3 Å². The number of nitrogens with one attached hydrogen (secondary N) is 1. The minimum absolute atomic E-state index is 0.0590. The van der Waals surface area contributed by atoms with Gasteiger partial charge < -0.3 is 9.51 Å². The van der Waals surface area contributed by atoms with Crippen LogP contribution >= 0.6 is 0 Å². The van der Waals surface area contributed by atoms with Gasteiger partial charge in [0.05, 0.1) is 17.6 Å². The van der Waals surface area contributed by atoms with Crippen molar-refractivity contribution in [2.24, 2.45) is 0 Å². The van der Waals surface area contributed by atoms with Crippen molar-refractivity contribution >= 4 is 16.8 Å². The Morgan fingerprint density at radius 1 is 1.16 bits per heavy atom. The van der Waals surface area contributed by atoms with Crippen molar-refractivity contribution in [1.82, 2.24) is 24.2 Å². The number of carbonyl (C=O) groups excluding carboxylic acids is 1. The number of carbonyl (C=O) groups is 1. The van der Waals surface area contributed by atoms with Crippen LogP contribution in [-0.2, 0) is 0 Å². The quantitative estimate of drug-likeness (QED) is 0.486. The standard InChI is InChI=1S/C24H27N5O3/c1-15-12-19(17(3)28(15)23-13-16(2)32-26-23)22(30)14-27-10-8-18(9-11-27)29-21-7-5-4-6-20(21)25-24(29)31/h4-7,12-13,18H,8-11,14H2,1-3H3,(H,25,31). The first-order valence-corrected chi connectivity index (χ1v) is 11.0. The Kier molecular flexibility index (Phi) is 5.09. The lowest BCUT2D eigenvalue weighted by atomic mass is 10.0. The summed E-state index contributed by atoms with van der Waals surface area (Å²) in [7, 11) is 0. The number of para-hydroxylation sites is 2. The third-order valence-corrected chi connectivity index (χ3v) is 6.49. The lowest BCUT2D eigenvalue weighted by Gasteiger charge is -2.32. The Morgan fingerprint density at radius 2 is 1.91 bits per heavy atom. The summed E-state index contributed by atoms with van der Waals surface area (Å²) < 4.78 is 9.04. The van der Waals surface area contributed by atoms with E-state index in [9.17, 15) is 9.59 Å². The van der Waals surface area contributed by atoms with E-state index in [-0.39, 0.29) is 17.5 Å². The summed E-state index contributed by atoms with van der Waals surface area (Å²) in [6.45, 7) is 7.70. The predicted octanol–water partition coefficient (Wildman–Crippen LogP) is 3.55. The molecule has 5 rings (SSSR count). The molecule has 1 fully saturated rings. The zero-order valence-corrected chi connectivity index (χ0v) is 18.6. The molecule has 1 aliphatic heterocycles. The summed E-state index contributed by atoms with van der Waals surface area (Å²) in [5, 5.41) is 4.09. The first-order valence-electron chi connectivity index (χ1n) is 11.0. The number of piperidine rings is 1. The van der Waals surface area contributed by atoms with Crippen LogP contribution in [0.25, 0.3) is 16.9 Å². The molecule has 4 heterocycles. The molecule has 3 aromatic heterocycles. The van der Waals surface area contributed by atoms with Gasteiger partial charge in [0.2, 0.25) is 0 Å².